The predicted octanol–water partition coefficient (Wildman–Crippen LogP) is 1.51. The first-order chi connectivity index (χ1) is 11.7. The van der Waals surface area contributed by atoms with E-state index in [9.17, 15) is 27.2 Å². The van der Waals surface area contributed by atoms with E-state index in [1.807, 2.05) is 0 Å². The number of nitrogens with one attached hydrogen (secondary N) is 1. The van der Waals surface area contributed by atoms with Gasteiger partial charge in [0.1, 0.15) is 12.4 Å². The fraction of sp³-hybridized carbons (Fsp3) is 0.467. The highest BCUT2D eigenvalue weighted by atomic mass is 19.3. The maximum absolute atomic E-state index is 13.1. The molecule has 0 saturated carbocycles. The quantitative estimate of drug-likeness (QED) is 0.777. The third kappa shape index (κ3) is 4.81. The van der Waals surface area contributed by atoms with E-state index in [2.05, 4.69) is 10.1 Å². The van der Waals surface area contributed by atoms with Crippen molar-refractivity contribution in [1.82, 2.24) is 10.2 Å². The standard InChI is InChI=1S/C15H16F4N2O4/c1-21-7-9(24-8-12(21)22)6-20-13(23)10-4-2-3-5-11(10)25-15(18,19)14(16)17/h2-5,9,14H,6-8H2,1H3,(H,20,23)/t9-/m1/s1. The Labute approximate surface area is 140 Å². The van der Waals surface area contributed by atoms with E-state index in [0.29, 0.717) is 0 Å². The van der Waals surface area contributed by atoms with Crippen LogP contribution in [0.5, 0.6) is 5.75 Å². The number of rotatable bonds is 6. The first-order valence-electron chi connectivity index (χ1n) is 7.28. The van der Waals surface area contributed by atoms with Gasteiger partial charge in [-0.25, -0.2) is 0 Å². The van der Waals surface area contributed by atoms with Crippen LogP contribution in [0, 0.1) is 0 Å². The van der Waals surface area contributed by atoms with Gasteiger partial charge in [-0.3, -0.25) is 9.59 Å². The van der Waals surface area contributed by atoms with Crippen LogP contribution < -0.4 is 10.1 Å². The third-order valence-corrected chi connectivity index (χ3v) is 3.47. The molecule has 1 heterocycles. The molecule has 1 atom stereocenters. The first-order valence-corrected chi connectivity index (χ1v) is 7.28. The molecule has 1 fully saturated rings. The molecule has 138 valence electrons. The molecule has 1 aliphatic rings. The minimum Gasteiger partial charge on any atom is -0.427 e. The summed E-state index contributed by atoms with van der Waals surface area (Å²) in [6.45, 7) is 0.133. The van der Waals surface area contributed by atoms with Gasteiger partial charge in [-0.05, 0) is 12.1 Å². The number of ether oxygens (including phenoxy) is 2. The zero-order valence-corrected chi connectivity index (χ0v) is 13.2. The molecule has 1 aromatic carbocycles. The molecule has 10 heteroatoms. The van der Waals surface area contributed by atoms with Crippen LogP contribution in [-0.4, -0.2) is 62.1 Å². The van der Waals surface area contributed by atoms with E-state index in [1.165, 1.54) is 23.1 Å². The summed E-state index contributed by atoms with van der Waals surface area (Å²) in [5.41, 5.74) is -0.317. The highest BCUT2D eigenvalue weighted by Crippen LogP contribution is 2.29. The molecular formula is C15H16F4N2O4. The lowest BCUT2D eigenvalue weighted by molar-refractivity contribution is -0.253. The van der Waals surface area contributed by atoms with Gasteiger partial charge in [0.05, 0.1) is 11.7 Å². The van der Waals surface area contributed by atoms with Crippen molar-refractivity contribution in [2.45, 2.75) is 18.6 Å². The smallest absolute Gasteiger partial charge is 0.427 e. The number of benzene rings is 1. The van der Waals surface area contributed by atoms with Crippen LogP contribution in [-0.2, 0) is 9.53 Å². The summed E-state index contributed by atoms with van der Waals surface area (Å²) in [5.74, 6) is -1.65. The van der Waals surface area contributed by atoms with Crippen LogP contribution >= 0.6 is 0 Å². The molecule has 1 saturated heterocycles. The van der Waals surface area contributed by atoms with E-state index in [-0.39, 0.29) is 31.2 Å². The molecule has 0 spiro atoms. The number of amides is 2. The maximum Gasteiger partial charge on any atom is 0.461 e. The van der Waals surface area contributed by atoms with Gasteiger partial charge < -0.3 is 19.7 Å². The summed E-state index contributed by atoms with van der Waals surface area (Å²) in [5, 5.41) is 2.45. The number of hydrogen-bond donors (Lipinski definition) is 1. The molecule has 0 aromatic heterocycles. The van der Waals surface area contributed by atoms with Gasteiger partial charge in [0.2, 0.25) is 5.91 Å². The largest absolute Gasteiger partial charge is 0.461 e. The molecule has 0 bridgehead atoms. The molecule has 25 heavy (non-hydrogen) atoms. The molecule has 0 unspecified atom stereocenters. The Balaban J connectivity index is 2.01. The third-order valence-electron chi connectivity index (χ3n) is 3.47. The number of para-hydroxylation sites is 1. The highest BCUT2D eigenvalue weighted by molar-refractivity contribution is 5.96. The van der Waals surface area contributed by atoms with E-state index in [1.54, 1.807) is 7.05 Å². The molecule has 1 aliphatic heterocycles. The van der Waals surface area contributed by atoms with Crippen LogP contribution in [0.3, 0.4) is 0 Å². The fourth-order valence-corrected chi connectivity index (χ4v) is 2.12. The maximum atomic E-state index is 13.1. The second-order valence-electron chi connectivity index (χ2n) is 5.38. The van der Waals surface area contributed by atoms with Crippen molar-refractivity contribution in [3.8, 4) is 5.75 Å². The molecule has 0 aliphatic carbocycles. The summed E-state index contributed by atoms with van der Waals surface area (Å²) in [6, 6.07) is 4.82. The zero-order valence-electron chi connectivity index (χ0n) is 13.2. The number of likely N-dealkylation sites (N-methyl/N-ethyl adjacent to an activating group) is 1. The van der Waals surface area contributed by atoms with E-state index < -0.39 is 30.3 Å². The average molecular weight is 364 g/mol. The number of carbonyl (C=O) groups excluding carboxylic acids is 2. The number of hydrogen-bond acceptors (Lipinski definition) is 4. The molecule has 1 N–H and O–H groups in total. The Hall–Kier alpha value is -2.36. The Bertz CT molecular complexity index is 642. The Kier molecular flexibility index (Phi) is 5.83. The SMILES string of the molecule is CN1C[C@@H](CNC(=O)c2ccccc2OC(F)(F)C(F)F)OCC1=O. The van der Waals surface area contributed by atoms with Crippen LogP contribution in [0.25, 0.3) is 0 Å². The summed E-state index contributed by atoms with van der Waals surface area (Å²) >= 11 is 0. The van der Waals surface area contributed by atoms with Crippen LogP contribution in [0.2, 0.25) is 0 Å². The number of alkyl halides is 4. The van der Waals surface area contributed by atoms with Crippen LogP contribution in [0.15, 0.2) is 24.3 Å². The van der Waals surface area contributed by atoms with E-state index in [4.69, 9.17) is 4.74 Å². The summed E-state index contributed by atoms with van der Waals surface area (Å²) < 4.78 is 59.9. The van der Waals surface area contributed by atoms with Crippen molar-refractivity contribution in [3.63, 3.8) is 0 Å². The van der Waals surface area contributed by atoms with Crippen LogP contribution in [0.1, 0.15) is 10.4 Å². The number of carbonyl (C=O) groups is 2. The van der Waals surface area contributed by atoms with Crippen molar-refractivity contribution in [3.05, 3.63) is 29.8 Å². The summed E-state index contributed by atoms with van der Waals surface area (Å²) in [6.07, 6.45) is -9.22. The van der Waals surface area contributed by atoms with Crippen molar-refractivity contribution < 1.29 is 36.6 Å². The lowest BCUT2D eigenvalue weighted by Crippen LogP contribution is -2.48. The minimum absolute atomic E-state index is 0.00995. The molecule has 0 radical (unpaired) electrons. The van der Waals surface area contributed by atoms with Gasteiger partial charge in [0, 0.05) is 20.1 Å². The van der Waals surface area contributed by atoms with Gasteiger partial charge >= 0.3 is 12.5 Å². The van der Waals surface area contributed by atoms with Gasteiger partial charge in [-0.2, -0.15) is 17.6 Å². The molecular weight excluding hydrogens is 348 g/mol. The Morgan fingerprint density at radius 2 is 2.12 bits per heavy atom. The van der Waals surface area contributed by atoms with Gasteiger partial charge in [-0.15, -0.1) is 0 Å². The number of halogens is 4. The topological polar surface area (TPSA) is 67.9 Å². The predicted molar refractivity (Wildman–Crippen MR) is 77.7 cm³/mol. The molecule has 2 rings (SSSR count). The Morgan fingerprint density at radius 1 is 1.44 bits per heavy atom. The zero-order chi connectivity index (χ0) is 18.6. The van der Waals surface area contributed by atoms with Crippen molar-refractivity contribution in [2.24, 2.45) is 0 Å². The van der Waals surface area contributed by atoms with Crippen molar-refractivity contribution in [2.75, 3.05) is 26.7 Å². The van der Waals surface area contributed by atoms with Crippen molar-refractivity contribution >= 4 is 11.8 Å². The van der Waals surface area contributed by atoms with E-state index in [0.717, 1.165) is 6.07 Å². The summed E-state index contributed by atoms with van der Waals surface area (Å²) in [4.78, 5) is 24.9. The normalized spacial score (nSPS) is 18.4. The molecule has 1 aromatic rings. The van der Waals surface area contributed by atoms with Gasteiger partial charge in [-0.1, -0.05) is 12.1 Å². The lowest BCUT2D eigenvalue weighted by atomic mass is 10.2. The first kappa shape index (κ1) is 19.0. The highest BCUT2D eigenvalue weighted by Gasteiger charge is 2.44. The molecule has 2 amide bonds. The average Bonchev–Trinajstić information content (AvgIpc) is 2.55. The van der Waals surface area contributed by atoms with Crippen LogP contribution in [0.4, 0.5) is 17.6 Å². The monoisotopic (exact) mass is 364 g/mol. The Morgan fingerprint density at radius 3 is 2.76 bits per heavy atom. The summed E-state index contributed by atoms with van der Waals surface area (Å²) in [7, 11) is 1.58. The van der Waals surface area contributed by atoms with E-state index >= 15 is 0 Å². The minimum atomic E-state index is -4.72. The van der Waals surface area contributed by atoms with Gasteiger partial charge in [0.25, 0.3) is 5.91 Å². The molecule has 6 nitrogen and oxygen atoms in total. The second kappa shape index (κ2) is 7.68. The van der Waals surface area contributed by atoms with Crippen molar-refractivity contribution in [1.29, 1.82) is 0 Å². The number of morpholine rings is 1. The fourth-order valence-electron chi connectivity index (χ4n) is 2.12. The second-order valence-corrected chi connectivity index (χ2v) is 5.38. The lowest BCUT2D eigenvalue weighted by Gasteiger charge is -2.30. The van der Waals surface area contributed by atoms with Gasteiger partial charge in [0.15, 0.2) is 0 Å². The number of nitrogens with zero attached hydrogens (tertiary/aromatic N) is 1.